The fraction of sp³-hybridized carbons (Fsp3) is 0.355. The molecule has 1 saturated heterocycles. The third kappa shape index (κ3) is 8.06. The smallest absolute Gasteiger partial charge is 0.0146 e. The van der Waals surface area contributed by atoms with Gasteiger partial charge in [0.2, 0.25) is 0 Å². The summed E-state index contributed by atoms with van der Waals surface area (Å²) in [6.45, 7) is 21.6. The van der Waals surface area contributed by atoms with Gasteiger partial charge in [-0.05, 0) is 63.8 Å². The molecule has 6 heteroatoms. The second kappa shape index (κ2) is 13.8. The molecule has 0 saturated carbocycles. The van der Waals surface area contributed by atoms with E-state index < -0.39 is 0 Å². The molecular formula is C31H39Cl2N2ORu. The second-order valence-electron chi connectivity index (χ2n) is 9.95. The molecule has 1 fully saturated rings. The van der Waals surface area contributed by atoms with Crippen molar-refractivity contribution in [3.63, 3.8) is 0 Å². The third-order valence-electron chi connectivity index (χ3n) is 6.15. The molecule has 1 aliphatic rings. The number of halogens is 2. The zero-order valence-electron chi connectivity index (χ0n) is 23.1. The van der Waals surface area contributed by atoms with Gasteiger partial charge in [0.1, 0.15) is 0 Å². The summed E-state index contributed by atoms with van der Waals surface area (Å²) < 4.78 is 7.51. The topological polar surface area (TPSA) is 15.7 Å². The van der Waals surface area contributed by atoms with Crippen molar-refractivity contribution in [1.29, 1.82) is 0 Å². The summed E-state index contributed by atoms with van der Waals surface area (Å²) in [5.74, 6) is 0.873. The van der Waals surface area contributed by atoms with Gasteiger partial charge in [0, 0.05) is 24.5 Å². The Hall–Kier alpha value is -1.87. The standard InChI is InChI=1S/C21H27N2.C10H11ClO.ClH.Ru/c1-14-9-16(3)20(17(4)10-14)22-7-8-23(13-22)21-18(5)11-15(2)12-19(21)6;1-7(2)12-10-5-4-9(11)6-8(10)3;;/h9-13H,7-8H2,1-6H3;3-7H,1-2H3;1H;/q-1;;;+1. The van der Waals surface area contributed by atoms with Crippen LogP contribution in [0, 0.1) is 48.2 Å². The Bertz CT molecular complexity index is 1130. The van der Waals surface area contributed by atoms with Gasteiger partial charge in [-0.2, -0.15) is 6.67 Å². The molecule has 0 unspecified atom stereocenters. The molecule has 37 heavy (non-hydrogen) atoms. The van der Waals surface area contributed by atoms with Crippen LogP contribution in [0.2, 0.25) is 5.02 Å². The van der Waals surface area contributed by atoms with Gasteiger partial charge < -0.3 is 9.80 Å². The molecule has 0 radical (unpaired) electrons. The van der Waals surface area contributed by atoms with Crippen LogP contribution in [0.3, 0.4) is 0 Å². The minimum atomic E-state index is 0. The van der Waals surface area contributed by atoms with Gasteiger partial charge in [0.25, 0.3) is 0 Å². The number of nitrogens with zero attached hydrogens (tertiary/aromatic N) is 2. The molecule has 1 aliphatic heterocycles. The van der Waals surface area contributed by atoms with E-state index in [2.05, 4.69) is 100 Å². The first-order valence-corrected chi connectivity index (χ1v) is 13.8. The maximum atomic E-state index is 5.85. The van der Waals surface area contributed by atoms with Gasteiger partial charge >= 0.3 is 93.3 Å². The SMILES string of the molecule is CC(C)Oc1ccc(Cl)cc1[CH]=[Ru+].Cc1cc(C)c(N2[CH-]N(c3c(C)cc(C)cc3C)CC2)c(C)c1.Cl. The molecule has 1 heterocycles. The van der Waals surface area contributed by atoms with Crippen molar-refractivity contribution in [2.75, 3.05) is 22.9 Å². The van der Waals surface area contributed by atoms with E-state index >= 15 is 0 Å². The molecule has 4 rings (SSSR count). The molecular weight excluding hydrogens is 588 g/mol. The van der Waals surface area contributed by atoms with Crippen LogP contribution >= 0.6 is 24.0 Å². The molecule has 3 nitrogen and oxygen atoms in total. The van der Waals surface area contributed by atoms with Gasteiger partial charge in [0.15, 0.2) is 0 Å². The number of benzene rings is 3. The van der Waals surface area contributed by atoms with E-state index in [0.717, 1.165) is 29.4 Å². The Labute approximate surface area is 244 Å². The zero-order valence-corrected chi connectivity index (χ0v) is 26.4. The average molecular weight is 628 g/mol. The Morgan fingerprint density at radius 2 is 1.24 bits per heavy atom. The maximum Gasteiger partial charge on any atom is 0.0146 e. The molecule has 0 N–H and O–H groups in total. The van der Waals surface area contributed by atoms with Crippen LogP contribution in [-0.4, -0.2) is 23.8 Å². The maximum absolute atomic E-state index is 5.85. The molecule has 201 valence electrons. The van der Waals surface area contributed by atoms with Crippen LogP contribution < -0.4 is 14.5 Å². The predicted molar refractivity (Wildman–Crippen MR) is 160 cm³/mol. The summed E-state index contributed by atoms with van der Waals surface area (Å²) in [5.41, 5.74) is 11.8. The van der Waals surface area contributed by atoms with Gasteiger partial charge in [0.05, 0.1) is 0 Å². The van der Waals surface area contributed by atoms with E-state index in [0.29, 0.717) is 0 Å². The first kappa shape index (κ1) is 31.4. The summed E-state index contributed by atoms with van der Waals surface area (Å²) in [7, 11) is 0. The molecule has 0 spiro atoms. The van der Waals surface area contributed by atoms with E-state index in [4.69, 9.17) is 16.3 Å². The van der Waals surface area contributed by atoms with E-state index in [1.165, 1.54) is 44.8 Å². The predicted octanol–water partition coefficient (Wildman–Crippen LogP) is 8.23. The number of hydrogen-bond acceptors (Lipinski definition) is 3. The van der Waals surface area contributed by atoms with E-state index in [1.54, 1.807) is 0 Å². The molecule has 3 aromatic rings. The Kier molecular flexibility index (Phi) is 11.7. The molecule has 3 aromatic carbocycles. The summed E-state index contributed by atoms with van der Waals surface area (Å²) in [6.07, 6.45) is 0.187. The normalized spacial score (nSPS) is 12.7. The Morgan fingerprint density at radius 1 is 0.811 bits per heavy atom. The number of ether oxygens (including phenoxy) is 1. The minimum Gasteiger partial charge on any atom is -0.502 e. The zero-order chi connectivity index (χ0) is 26.6. The molecule has 0 aromatic heterocycles. The molecule has 0 amide bonds. The van der Waals surface area contributed by atoms with Gasteiger partial charge in [-0.3, -0.25) is 0 Å². The van der Waals surface area contributed by atoms with Gasteiger partial charge in [-0.1, -0.05) is 35.4 Å². The van der Waals surface area contributed by atoms with Crippen molar-refractivity contribution < 1.29 is 22.6 Å². The van der Waals surface area contributed by atoms with E-state index in [-0.39, 0.29) is 18.5 Å². The van der Waals surface area contributed by atoms with Crippen molar-refractivity contribution in [2.45, 2.75) is 61.5 Å². The van der Waals surface area contributed by atoms with Crippen molar-refractivity contribution in [2.24, 2.45) is 0 Å². The summed E-state index contributed by atoms with van der Waals surface area (Å²) >= 11 is 8.30. The summed E-state index contributed by atoms with van der Waals surface area (Å²) in [5, 5.41) is 0.729. The quantitative estimate of drug-likeness (QED) is 0.210. The number of aryl methyl sites for hydroxylation is 6. The van der Waals surface area contributed by atoms with E-state index in [1.807, 2.05) is 36.7 Å². The molecule has 0 bridgehead atoms. The van der Waals surface area contributed by atoms with Gasteiger partial charge in [-0.15, -0.1) is 12.4 Å². The second-order valence-corrected chi connectivity index (χ2v) is 10.9. The molecule has 0 atom stereocenters. The van der Waals surface area contributed by atoms with Crippen LogP contribution in [0.15, 0.2) is 42.5 Å². The first-order valence-electron chi connectivity index (χ1n) is 12.4. The number of anilines is 2. The largest absolute Gasteiger partial charge is 0.502 e. The van der Waals surface area contributed by atoms with Crippen molar-refractivity contribution in [3.8, 4) is 5.75 Å². The summed E-state index contributed by atoms with van der Waals surface area (Å²) in [4.78, 5) is 4.81. The Morgan fingerprint density at radius 3 is 1.62 bits per heavy atom. The van der Waals surface area contributed by atoms with Crippen LogP contribution in [0.25, 0.3) is 0 Å². The Balaban J connectivity index is 0.000000295. The van der Waals surface area contributed by atoms with Crippen LogP contribution in [-0.2, 0) is 17.9 Å². The third-order valence-corrected chi connectivity index (χ3v) is 6.93. The average Bonchev–Trinajstić information content (AvgIpc) is 3.22. The monoisotopic (exact) mass is 627 g/mol. The van der Waals surface area contributed by atoms with Crippen molar-refractivity contribution >= 4 is 40.0 Å². The summed E-state index contributed by atoms with van der Waals surface area (Å²) in [6, 6.07) is 14.7. The van der Waals surface area contributed by atoms with E-state index in [9.17, 15) is 0 Å². The number of hydrogen-bond donors (Lipinski definition) is 0. The van der Waals surface area contributed by atoms with Crippen LogP contribution in [0.4, 0.5) is 11.4 Å². The molecule has 0 aliphatic carbocycles. The fourth-order valence-electron chi connectivity index (χ4n) is 5.05. The van der Waals surface area contributed by atoms with Gasteiger partial charge in [-0.25, -0.2) is 0 Å². The van der Waals surface area contributed by atoms with Crippen LogP contribution in [0.5, 0.6) is 5.75 Å². The fourth-order valence-corrected chi connectivity index (χ4v) is 5.62. The van der Waals surface area contributed by atoms with Crippen molar-refractivity contribution in [1.82, 2.24) is 0 Å². The van der Waals surface area contributed by atoms with Crippen molar-refractivity contribution in [3.05, 3.63) is 93.1 Å². The number of rotatable bonds is 5. The van der Waals surface area contributed by atoms with Crippen LogP contribution in [0.1, 0.15) is 52.8 Å². The first-order chi connectivity index (χ1) is 17.0. The minimum absolute atomic E-state index is 0.